The molecule has 0 aliphatic heterocycles. The van der Waals surface area contributed by atoms with E-state index in [4.69, 9.17) is 0 Å². The van der Waals surface area contributed by atoms with Crippen LogP contribution in [0, 0.1) is 12.7 Å². The van der Waals surface area contributed by atoms with Crippen LogP contribution in [0.1, 0.15) is 45.3 Å². The van der Waals surface area contributed by atoms with Crippen molar-refractivity contribution in [3.63, 3.8) is 0 Å². The number of hydrogen-bond donors (Lipinski definition) is 0. The van der Waals surface area contributed by atoms with Gasteiger partial charge in [-0.25, -0.2) is 4.39 Å². The summed E-state index contributed by atoms with van der Waals surface area (Å²) in [4.78, 5) is 29.4. The number of aryl methyl sites for hydroxylation is 1. The number of rotatable bonds is 3. The molecule has 2 aromatic rings. The van der Waals surface area contributed by atoms with Crippen molar-refractivity contribution < 1.29 is 14.0 Å². The fourth-order valence-electron chi connectivity index (χ4n) is 2.91. The molecule has 23 heavy (non-hydrogen) atoms. The Balaban J connectivity index is 2.07. The first-order valence-electron chi connectivity index (χ1n) is 7.54. The predicted molar refractivity (Wildman–Crippen MR) is 85.1 cm³/mol. The van der Waals surface area contributed by atoms with Gasteiger partial charge in [-0.2, -0.15) is 0 Å². The Morgan fingerprint density at radius 3 is 2.22 bits per heavy atom. The smallest absolute Gasteiger partial charge is 0.190 e. The number of fused-ring (bicyclic) bond motifs is 1. The van der Waals surface area contributed by atoms with E-state index in [0.717, 1.165) is 6.20 Å². The van der Waals surface area contributed by atoms with Gasteiger partial charge in [-0.1, -0.05) is 31.2 Å². The molecular formula is C19H16FNO2. The maximum atomic E-state index is 13.4. The zero-order chi connectivity index (χ0) is 16.6. The van der Waals surface area contributed by atoms with Gasteiger partial charge in [-0.15, -0.1) is 0 Å². The van der Waals surface area contributed by atoms with Crippen LogP contribution >= 0.6 is 0 Å². The van der Waals surface area contributed by atoms with Gasteiger partial charge in [-0.05, 0) is 25.0 Å². The average Bonchev–Trinajstić information content (AvgIpc) is 2.56. The Morgan fingerprint density at radius 1 is 1.04 bits per heavy atom. The Kier molecular flexibility index (Phi) is 3.90. The molecule has 3 rings (SSSR count). The van der Waals surface area contributed by atoms with Gasteiger partial charge in [0, 0.05) is 34.4 Å². The second-order valence-electron chi connectivity index (χ2n) is 5.62. The molecule has 0 unspecified atom stereocenters. The molecule has 1 aromatic carbocycles. The number of ketones is 2. The van der Waals surface area contributed by atoms with E-state index in [-0.39, 0.29) is 23.8 Å². The number of halogens is 1. The van der Waals surface area contributed by atoms with Crippen LogP contribution in [0.25, 0.3) is 0 Å². The van der Waals surface area contributed by atoms with Crippen molar-refractivity contribution in [2.75, 3.05) is 0 Å². The highest BCUT2D eigenvalue weighted by atomic mass is 19.1. The number of carbonyl (C=O) groups is 2. The third kappa shape index (κ3) is 2.61. The summed E-state index contributed by atoms with van der Waals surface area (Å²) in [5.41, 5.74) is 2.95. The molecule has 0 atom stereocenters. The maximum absolute atomic E-state index is 13.4. The molecule has 3 nitrogen and oxygen atoms in total. The molecule has 1 aliphatic rings. The lowest BCUT2D eigenvalue weighted by Gasteiger charge is -2.20. The van der Waals surface area contributed by atoms with Crippen molar-refractivity contribution in [1.29, 1.82) is 0 Å². The molecule has 1 aliphatic carbocycles. The van der Waals surface area contributed by atoms with Gasteiger partial charge in [0.15, 0.2) is 11.6 Å². The summed E-state index contributed by atoms with van der Waals surface area (Å²) in [6, 6.07) is 8.48. The van der Waals surface area contributed by atoms with Crippen LogP contribution < -0.4 is 0 Å². The van der Waals surface area contributed by atoms with Gasteiger partial charge in [-0.3, -0.25) is 14.6 Å². The molecule has 0 bridgehead atoms. The zero-order valence-electron chi connectivity index (χ0n) is 13.0. The number of pyridine rings is 1. The third-order valence-corrected chi connectivity index (χ3v) is 4.14. The second kappa shape index (κ2) is 5.88. The Morgan fingerprint density at radius 2 is 1.65 bits per heavy atom. The van der Waals surface area contributed by atoms with Crippen LogP contribution in [-0.4, -0.2) is 16.6 Å². The Labute approximate surface area is 133 Å². The highest BCUT2D eigenvalue weighted by molar-refractivity contribution is 6.26. The van der Waals surface area contributed by atoms with Crippen molar-refractivity contribution in [3.05, 3.63) is 75.9 Å². The summed E-state index contributed by atoms with van der Waals surface area (Å²) < 4.78 is 13.4. The fraction of sp³-hybridized carbons (Fsp3) is 0.211. The minimum absolute atomic E-state index is 0.100. The summed E-state index contributed by atoms with van der Waals surface area (Å²) in [6.45, 7) is 3.51. The second-order valence-corrected chi connectivity index (χ2v) is 5.62. The van der Waals surface area contributed by atoms with Crippen LogP contribution in [0.5, 0.6) is 0 Å². The quantitative estimate of drug-likeness (QED) is 0.865. The molecule has 0 saturated carbocycles. The number of aromatic nitrogens is 1. The van der Waals surface area contributed by atoms with Crippen LogP contribution in [0.4, 0.5) is 4.39 Å². The molecule has 1 aromatic heterocycles. The number of benzene rings is 1. The molecule has 116 valence electrons. The standard InChI is InChI=1S/C19H16FNO2/c1-3-13-16(9-12-8-11(2)17(20)10-21-12)19(23)15-7-5-4-6-14(15)18(13)22/h4-8,10H,3,9H2,1-2H3. The minimum Gasteiger partial charge on any atom is -0.289 e. The maximum Gasteiger partial charge on any atom is 0.190 e. The van der Waals surface area contributed by atoms with E-state index in [2.05, 4.69) is 4.98 Å². The molecule has 4 heteroatoms. The van der Waals surface area contributed by atoms with E-state index in [0.29, 0.717) is 40.0 Å². The summed E-state index contributed by atoms with van der Waals surface area (Å²) in [6.07, 6.45) is 1.87. The normalized spacial score (nSPS) is 14.2. The van der Waals surface area contributed by atoms with Crippen molar-refractivity contribution in [2.24, 2.45) is 0 Å². The van der Waals surface area contributed by atoms with Gasteiger partial charge in [0.05, 0.1) is 6.20 Å². The first kappa shape index (κ1) is 15.3. The summed E-state index contributed by atoms with van der Waals surface area (Å²) in [5.74, 6) is -0.618. The number of carbonyl (C=O) groups excluding carboxylic acids is 2. The van der Waals surface area contributed by atoms with E-state index >= 15 is 0 Å². The van der Waals surface area contributed by atoms with Crippen LogP contribution in [0.2, 0.25) is 0 Å². The van der Waals surface area contributed by atoms with Crippen molar-refractivity contribution in [1.82, 2.24) is 4.98 Å². The van der Waals surface area contributed by atoms with Gasteiger partial charge >= 0.3 is 0 Å². The fourth-order valence-corrected chi connectivity index (χ4v) is 2.91. The third-order valence-electron chi connectivity index (χ3n) is 4.14. The molecule has 1 heterocycles. The molecule has 0 amide bonds. The lowest BCUT2D eigenvalue weighted by molar-refractivity contribution is 0.0970. The molecule has 0 saturated heterocycles. The number of hydrogen-bond acceptors (Lipinski definition) is 3. The monoisotopic (exact) mass is 309 g/mol. The Bertz CT molecular complexity index is 852. The van der Waals surface area contributed by atoms with E-state index in [9.17, 15) is 14.0 Å². The summed E-state index contributed by atoms with van der Waals surface area (Å²) in [7, 11) is 0. The van der Waals surface area contributed by atoms with Crippen molar-refractivity contribution in [2.45, 2.75) is 26.7 Å². The number of nitrogens with zero attached hydrogens (tertiary/aromatic N) is 1. The van der Waals surface area contributed by atoms with Crippen molar-refractivity contribution in [3.8, 4) is 0 Å². The minimum atomic E-state index is -0.380. The van der Waals surface area contributed by atoms with Crippen LogP contribution in [-0.2, 0) is 6.42 Å². The lowest BCUT2D eigenvalue weighted by atomic mass is 9.81. The first-order valence-corrected chi connectivity index (χ1v) is 7.54. The molecule has 0 radical (unpaired) electrons. The molecule has 0 N–H and O–H groups in total. The van der Waals surface area contributed by atoms with E-state index in [1.807, 2.05) is 6.92 Å². The largest absolute Gasteiger partial charge is 0.289 e. The van der Waals surface area contributed by atoms with E-state index in [1.165, 1.54) is 0 Å². The SMILES string of the molecule is CCC1=C(Cc2cc(C)c(F)cn2)C(=O)c2ccccc2C1=O. The predicted octanol–water partition coefficient (Wildman–Crippen LogP) is 3.86. The molecule has 0 spiro atoms. The number of allylic oxidation sites excluding steroid dienone is 2. The zero-order valence-corrected chi connectivity index (χ0v) is 13.0. The van der Waals surface area contributed by atoms with E-state index in [1.54, 1.807) is 37.3 Å². The summed E-state index contributed by atoms with van der Waals surface area (Å²) in [5, 5.41) is 0. The highest BCUT2D eigenvalue weighted by Gasteiger charge is 2.30. The van der Waals surface area contributed by atoms with Gasteiger partial charge in [0.1, 0.15) is 5.82 Å². The van der Waals surface area contributed by atoms with Crippen LogP contribution in [0.3, 0.4) is 0 Å². The lowest BCUT2D eigenvalue weighted by Crippen LogP contribution is -2.23. The average molecular weight is 309 g/mol. The highest BCUT2D eigenvalue weighted by Crippen LogP contribution is 2.29. The molecule has 0 fully saturated rings. The van der Waals surface area contributed by atoms with E-state index < -0.39 is 0 Å². The van der Waals surface area contributed by atoms with Gasteiger partial charge in [0.25, 0.3) is 0 Å². The first-order chi connectivity index (χ1) is 11.0. The van der Waals surface area contributed by atoms with Crippen molar-refractivity contribution >= 4 is 11.6 Å². The van der Waals surface area contributed by atoms with Gasteiger partial charge < -0.3 is 0 Å². The topological polar surface area (TPSA) is 47.0 Å². The Hall–Kier alpha value is -2.62. The number of Topliss-reactive ketones (excluding diaryl/α,β-unsaturated/α-hetero) is 2. The summed E-state index contributed by atoms with van der Waals surface area (Å²) >= 11 is 0. The molecular weight excluding hydrogens is 293 g/mol. The van der Waals surface area contributed by atoms with Crippen LogP contribution in [0.15, 0.2) is 47.7 Å². The van der Waals surface area contributed by atoms with Gasteiger partial charge in [0.2, 0.25) is 0 Å².